The highest BCUT2D eigenvalue weighted by Gasteiger charge is 2.13. The summed E-state index contributed by atoms with van der Waals surface area (Å²) in [6.07, 6.45) is 1.38. The van der Waals surface area contributed by atoms with E-state index in [1.807, 2.05) is 0 Å². The molecule has 1 rings (SSSR count). The Balaban J connectivity index is 3.08. The van der Waals surface area contributed by atoms with Crippen molar-refractivity contribution in [3.8, 4) is 5.75 Å². The number of halogens is 1. The van der Waals surface area contributed by atoms with Gasteiger partial charge in [-0.3, -0.25) is 0 Å². The summed E-state index contributed by atoms with van der Waals surface area (Å²) in [5, 5.41) is 18.5. The molecule has 0 spiro atoms. The minimum absolute atomic E-state index is 0.0515. The summed E-state index contributed by atoms with van der Waals surface area (Å²) in [6, 6.07) is 2.95. The Morgan fingerprint density at radius 1 is 1.50 bits per heavy atom. The van der Waals surface area contributed by atoms with E-state index in [0.717, 1.165) is 11.8 Å². The molecule has 1 atom stereocenters. The van der Waals surface area contributed by atoms with Crippen LogP contribution in [0.3, 0.4) is 0 Å². The molecule has 2 nitrogen and oxygen atoms in total. The third-order valence-electron chi connectivity index (χ3n) is 1.88. The predicted octanol–water partition coefficient (Wildman–Crippen LogP) is 2.18. The van der Waals surface area contributed by atoms with E-state index in [9.17, 15) is 9.50 Å². The first-order valence-corrected chi connectivity index (χ1v) is 5.51. The molecule has 1 aromatic rings. The van der Waals surface area contributed by atoms with Gasteiger partial charge in [-0.25, -0.2) is 4.39 Å². The van der Waals surface area contributed by atoms with Crippen LogP contribution in [0.5, 0.6) is 5.75 Å². The van der Waals surface area contributed by atoms with Crippen molar-refractivity contribution in [1.82, 2.24) is 0 Å². The Hall–Kier alpha value is -0.740. The number of aliphatic hydroxyl groups excluding tert-OH is 1. The first-order chi connectivity index (χ1) is 6.56. The largest absolute Gasteiger partial charge is 0.507 e. The van der Waals surface area contributed by atoms with E-state index in [1.54, 1.807) is 13.2 Å². The number of thioether (sulfide) groups is 1. The van der Waals surface area contributed by atoms with Crippen LogP contribution >= 0.6 is 11.8 Å². The van der Waals surface area contributed by atoms with Crippen LogP contribution in [-0.4, -0.2) is 22.6 Å². The van der Waals surface area contributed by atoms with Crippen molar-refractivity contribution < 1.29 is 14.6 Å². The number of phenolic OH excluding ortho intramolecular Hbond substituents is 1. The van der Waals surface area contributed by atoms with Crippen LogP contribution in [0.4, 0.5) is 4.39 Å². The van der Waals surface area contributed by atoms with Gasteiger partial charge >= 0.3 is 0 Å². The summed E-state index contributed by atoms with van der Waals surface area (Å²) in [5.41, 5.74) is 0.433. The van der Waals surface area contributed by atoms with Gasteiger partial charge in [-0.15, -0.1) is 11.8 Å². The van der Waals surface area contributed by atoms with Gasteiger partial charge in [-0.1, -0.05) is 6.07 Å². The molecule has 2 N–H and O–H groups in total. The molecule has 0 aliphatic heterocycles. The van der Waals surface area contributed by atoms with Crippen LogP contribution in [-0.2, 0) is 6.42 Å². The Morgan fingerprint density at radius 3 is 2.64 bits per heavy atom. The fourth-order valence-electron chi connectivity index (χ4n) is 1.26. The molecular formula is C10H13FO2S. The third-order valence-corrected chi connectivity index (χ3v) is 2.67. The fraction of sp³-hybridized carbons (Fsp3) is 0.400. The van der Waals surface area contributed by atoms with Crippen LogP contribution in [0.1, 0.15) is 12.5 Å². The third kappa shape index (κ3) is 2.39. The molecule has 0 aromatic heterocycles. The van der Waals surface area contributed by atoms with Crippen molar-refractivity contribution in [2.45, 2.75) is 24.3 Å². The van der Waals surface area contributed by atoms with E-state index < -0.39 is 11.9 Å². The molecule has 0 bridgehead atoms. The molecule has 0 aliphatic carbocycles. The summed E-state index contributed by atoms with van der Waals surface area (Å²) in [7, 11) is 0. The lowest BCUT2D eigenvalue weighted by Gasteiger charge is -2.09. The van der Waals surface area contributed by atoms with Gasteiger partial charge in [0.2, 0.25) is 0 Å². The Labute approximate surface area is 86.8 Å². The smallest absolute Gasteiger partial charge is 0.143 e. The number of phenols is 1. The van der Waals surface area contributed by atoms with Crippen molar-refractivity contribution >= 4 is 11.8 Å². The molecule has 0 aliphatic rings. The number of aromatic hydroxyl groups is 1. The van der Waals surface area contributed by atoms with Gasteiger partial charge < -0.3 is 10.2 Å². The molecule has 0 heterocycles. The zero-order chi connectivity index (χ0) is 10.7. The molecule has 0 amide bonds. The predicted molar refractivity (Wildman–Crippen MR) is 55.2 cm³/mol. The maximum atomic E-state index is 13.6. The van der Waals surface area contributed by atoms with Crippen LogP contribution in [0.25, 0.3) is 0 Å². The van der Waals surface area contributed by atoms with Gasteiger partial charge in [0.1, 0.15) is 11.6 Å². The van der Waals surface area contributed by atoms with Gasteiger partial charge in [0.15, 0.2) is 0 Å². The standard InChI is InChI=1S/C10H13FO2S/c1-6(12)5-7-3-4-8(13)10(14-2)9(7)11/h3-4,6,12-13H,5H2,1-2H3. The van der Waals surface area contributed by atoms with E-state index in [2.05, 4.69) is 0 Å². The normalized spacial score (nSPS) is 12.9. The zero-order valence-corrected chi connectivity index (χ0v) is 8.94. The topological polar surface area (TPSA) is 40.5 Å². The van der Waals surface area contributed by atoms with Gasteiger partial charge in [-0.2, -0.15) is 0 Å². The van der Waals surface area contributed by atoms with Crippen molar-refractivity contribution in [3.63, 3.8) is 0 Å². The molecule has 1 aromatic carbocycles. The Bertz CT molecular complexity index is 326. The van der Waals surface area contributed by atoms with Crippen LogP contribution in [0.15, 0.2) is 17.0 Å². The maximum Gasteiger partial charge on any atom is 0.143 e. The molecule has 4 heteroatoms. The quantitative estimate of drug-likeness (QED) is 0.761. The Morgan fingerprint density at radius 2 is 2.14 bits per heavy atom. The molecule has 0 radical (unpaired) electrons. The molecule has 0 saturated heterocycles. The average molecular weight is 216 g/mol. The Kier molecular flexibility index (Phi) is 3.77. The second kappa shape index (κ2) is 4.66. The molecule has 14 heavy (non-hydrogen) atoms. The SMILES string of the molecule is CSc1c(O)ccc(CC(C)O)c1F. The molecule has 1 unspecified atom stereocenters. The zero-order valence-electron chi connectivity index (χ0n) is 8.12. The summed E-state index contributed by atoms with van der Waals surface area (Å²) < 4.78 is 13.6. The van der Waals surface area contributed by atoms with Crippen molar-refractivity contribution in [2.75, 3.05) is 6.26 Å². The summed E-state index contributed by atoms with van der Waals surface area (Å²) in [4.78, 5) is 0.239. The minimum Gasteiger partial charge on any atom is -0.507 e. The molecule has 0 saturated carbocycles. The van der Waals surface area contributed by atoms with Crippen LogP contribution < -0.4 is 0 Å². The van der Waals surface area contributed by atoms with Gasteiger partial charge in [0, 0.05) is 6.42 Å². The number of benzene rings is 1. The van der Waals surface area contributed by atoms with Crippen molar-refractivity contribution in [2.24, 2.45) is 0 Å². The second-order valence-electron chi connectivity index (χ2n) is 3.14. The second-order valence-corrected chi connectivity index (χ2v) is 3.96. The van der Waals surface area contributed by atoms with Gasteiger partial charge in [0.25, 0.3) is 0 Å². The lowest BCUT2D eigenvalue weighted by molar-refractivity contribution is 0.194. The molecule has 0 fully saturated rings. The summed E-state index contributed by atoms with van der Waals surface area (Å²) in [6.45, 7) is 1.60. The number of hydrogen-bond acceptors (Lipinski definition) is 3. The number of aliphatic hydroxyl groups is 1. The summed E-state index contributed by atoms with van der Waals surface area (Å²) >= 11 is 1.16. The number of rotatable bonds is 3. The molecule has 78 valence electrons. The van der Waals surface area contributed by atoms with E-state index in [-0.39, 0.29) is 17.1 Å². The lowest BCUT2D eigenvalue weighted by Crippen LogP contribution is -2.06. The highest BCUT2D eigenvalue weighted by atomic mass is 32.2. The maximum absolute atomic E-state index is 13.6. The first kappa shape index (κ1) is 11.3. The monoisotopic (exact) mass is 216 g/mol. The minimum atomic E-state index is -0.580. The molecular weight excluding hydrogens is 203 g/mol. The highest BCUT2D eigenvalue weighted by molar-refractivity contribution is 7.98. The van der Waals surface area contributed by atoms with E-state index >= 15 is 0 Å². The van der Waals surface area contributed by atoms with Crippen molar-refractivity contribution in [3.05, 3.63) is 23.5 Å². The van der Waals surface area contributed by atoms with E-state index in [4.69, 9.17) is 5.11 Å². The van der Waals surface area contributed by atoms with E-state index in [0.29, 0.717) is 5.56 Å². The first-order valence-electron chi connectivity index (χ1n) is 4.28. The van der Waals surface area contributed by atoms with E-state index in [1.165, 1.54) is 12.1 Å². The average Bonchev–Trinajstić information content (AvgIpc) is 2.10. The highest BCUT2D eigenvalue weighted by Crippen LogP contribution is 2.31. The van der Waals surface area contributed by atoms with Gasteiger partial charge in [-0.05, 0) is 24.8 Å². The van der Waals surface area contributed by atoms with Crippen molar-refractivity contribution in [1.29, 1.82) is 0 Å². The summed E-state index contributed by atoms with van der Waals surface area (Å²) in [5.74, 6) is -0.484. The van der Waals surface area contributed by atoms with Crippen LogP contribution in [0, 0.1) is 5.82 Å². The van der Waals surface area contributed by atoms with Crippen LogP contribution in [0.2, 0.25) is 0 Å². The van der Waals surface area contributed by atoms with Gasteiger partial charge in [0.05, 0.1) is 11.0 Å². The lowest BCUT2D eigenvalue weighted by atomic mass is 10.1. The fourth-order valence-corrected chi connectivity index (χ4v) is 1.84. The number of hydrogen-bond donors (Lipinski definition) is 2.